The van der Waals surface area contributed by atoms with Gasteiger partial charge in [0, 0.05) is 29.1 Å². The largest absolute Gasteiger partial charge is 0.324 e. The van der Waals surface area contributed by atoms with E-state index in [0.29, 0.717) is 17.9 Å². The molecule has 0 bridgehead atoms. The highest BCUT2D eigenvalue weighted by Gasteiger charge is 2.28. The number of nitrogens with one attached hydrogen (secondary N) is 1. The lowest BCUT2D eigenvalue weighted by Gasteiger charge is -2.22. The number of ketones is 1. The molecule has 0 amide bonds. The Bertz CT molecular complexity index is 888. The first-order valence-corrected chi connectivity index (χ1v) is 9.39. The Morgan fingerprint density at radius 2 is 2.04 bits per heavy atom. The Morgan fingerprint density at radius 3 is 2.76 bits per heavy atom. The molecule has 4 rings (SSSR count). The molecule has 0 fully saturated rings. The topological polar surface area (TPSA) is 54.9 Å². The Morgan fingerprint density at radius 1 is 1.20 bits per heavy atom. The molecule has 4 nitrogen and oxygen atoms in total. The molecule has 0 saturated carbocycles. The van der Waals surface area contributed by atoms with Crippen molar-refractivity contribution in [2.75, 3.05) is 5.32 Å². The number of benzene rings is 1. The van der Waals surface area contributed by atoms with Crippen LogP contribution in [0.25, 0.3) is 0 Å². The van der Waals surface area contributed by atoms with Gasteiger partial charge in [-0.1, -0.05) is 25.1 Å². The number of Topliss-reactive ketones (excluding diaryl/α,β-unsaturated/α-hetero) is 1. The number of anilines is 2. The van der Waals surface area contributed by atoms with Gasteiger partial charge in [0.05, 0.1) is 11.3 Å². The van der Waals surface area contributed by atoms with Crippen LogP contribution in [0.5, 0.6) is 0 Å². The van der Waals surface area contributed by atoms with E-state index in [9.17, 15) is 4.79 Å². The smallest absolute Gasteiger partial charge is 0.227 e. The van der Waals surface area contributed by atoms with Crippen LogP contribution >= 0.6 is 11.3 Å². The summed E-state index contributed by atoms with van der Waals surface area (Å²) in [5, 5.41) is 5.30. The zero-order chi connectivity index (χ0) is 17.2. The van der Waals surface area contributed by atoms with Crippen molar-refractivity contribution in [2.45, 2.75) is 32.1 Å². The molecule has 0 spiro atoms. The first-order valence-electron chi connectivity index (χ1n) is 8.51. The van der Waals surface area contributed by atoms with Gasteiger partial charge < -0.3 is 5.32 Å². The fourth-order valence-corrected chi connectivity index (χ4v) is 4.01. The number of carbonyl (C=O) groups is 1. The average molecular weight is 349 g/mol. The van der Waals surface area contributed by atoms with Gasteiger partial charge in [0.2, 0.25) is 5.95 Å². The van der Waals surface area contributed by atoms with Gasteiger partial charge in [-0.25, -0.2) is 9.97 Å². The third-order valence-corrected chi connectivity index (χ3v) is 5.64. The third kappa shape index (κ3) is 3.33. The van der Waals surface area contributed by atoms with Crippen molar-refractivity contribution >= 4 is 28.8 Å². The van der Waals surface area contributed by atoms with Crippen LogP contribution in [0.15, 0.2) is 48.0 Å². The van der Waals surface area contributed by atoms with Gasteiger partial charge in [-0.2, -0.15) is 0 Å². The van der Waals surface area contributed by atoms with E-state index >= 15 is 0 Å². The van der Waals surface area contributed by atoms with Crippen molar-refractivity contribution in [3.63, 3.8) is 0 Å². The molecule has 0 saturated heterocycles. The van der Waals surface area contributed by atoms with Gasteiger partial charge in [-0.05, 0) is 42.0 Å². The first kappa shape index (κ1) is 16.0. The number of thiophene rings is 1. The molecule has 0 radical (unpaired) electrons. The summed E-state index contributed by atoms with van der Waals surface area (Å²) in [6, 6.07) is 12.4. The van der Waals surface area contributed by atoms with Crippen LogP contribution in [0.2, 0.25) is 0 Å². The highest BCUT2D eigenvalue weighted by Crippen LogP contribution is 2.34. The first-order chi connectivity index (χ1) is 12.2. The number of hydrogen-bond donors (Lipinski definition) is 1. The van der Waals surface area contributed by atoms with E-state index in [0.717, 1.165) is 24.2 Å². The predicted molar refractivity (Wildman–Crippen MR) is 101 cm³/mol. The van der Waals surface area contributed by atoms with Gasteiger partial charge >= 0.3 is 0 Å². The second-order valence-electron chi connectivity index (χ2n) is 6.27. The van der Waals surface area contributed by atoms with Crippen LogP contribution in [0.4, 0.5) is 11.6 Å². The Kier molecular flexibility index (Phi) is 4.32. The summed E-state index contributed by atoms with van der Waals surface area (Å²) < 4.78 is 0. The SMILES string of the molecule is CCc1ccc(Nc2ncc3c(n2)C[C@@H](c2cccs2)CC3=O)cc1. The normalized spacial score (nSPS) is 16.5. The van der Waals surface area contributed by atoms with Gasteiger partial charge in [0.25, 0.3) is 0 Å². The molecule has 1 aliphatic carbocycles. The third-order valence-electron chi connectivity index (χ3n) is 4.60. The van der Waals surface area contributed by atoms with E-state index in [-0.39, 0.29) is 11.7 Å². The molecule has 3 aromatic rings. The Balaban J connectivity index is 1.58. The summed E-state index contributed by atoms with van der Waals surface area (Å²) in [6.45, 7) is 2.13. The van der Waals surface area contributed by atoms with Gasteiger partial charge in [-0.3, -0.25) is 4.79 Å². The molecular weight excluding hydrogens is 330 g/mol. The maximum atomic E-state index is 12.4. The number of fused-ring (bicyclic) bond motifs is 1. The summed E-state index contributed by atoms with van der Waals surface area (Å²) in [7, 11) is 0. The minimum Gasteiger partial charge on any atom is -0.324 e. The lowest BCUT2D eigenvalue weighted by Crippen LogP contribution is -2.20. The minimum atomic E-state index is 0.137. The molecule has 1 aliphatic rings. The number of rotatable bonds is 4. The second kappa shape index (κ2) is 6.76. The zero-order valence-electron chi connectivity index (χ0n) is 14.0. The highest BCUT2D eigenvalue weighted by molar-refractivity contribution is 7.10. The van der Waals surface area contributed by atoms with Gasteiger partial charge in [0.1, 0.15) is 0 Å². The molecular formula is C20H19N3OS. The molecule has 1 N–H and O–H groups in total. The maximum Gasteiger partial charge on any atom is 0.227 e. The van der Waals surface area contributed by atoms with E-state index in [1.807, 2.05) is 18.2 Å². The van der Waals surface area contributed by atoms with Crippen molar-refractivity contribution in [2.24, 2.45) is 0 Å². The van der Waals surface area contributed by atoms with Crippen LogP contribution in [0, 0.1) is 0 Å². The lowest BCUT2D eigenvalue weighted by molar-refractivity contribution is 0.0963. The van der Waals surface area contributed by atoms with Gasteiger partial charge in [-0.15, -0.1) is 11.3 Å². The van der Waals surface area contributed by atoms with Crippen molar-refractivity contribution in [1.29, 1.82) is 0 Å². The highest BCUT2D eigenvalue weighted by atomic mass is 32.1. The number of carbonyl (C=O) groups excluding carboxylic acids is 1. The number of hydrogen-bond acceptors (Lipinski definition) is 5. The van der Waals surface area contributed by atoms with Crippen LogP contribution < -0.4 is 5.32 Å². The van der Waals surface area contributed by atoms with Crippen molar-refractivity contribution in [1.82, 2.24) is 9.97 Å². The Hall–Kier alpha value is -2.53. The molecule has 1 aromatic carbocycles. The predicted octanol–water partition coefficient (Wildman–Crippen LogP) is 4.76. The molecule has 25 heavy (non-hydrogen) atoms. The van der Waals surface area contributed by atoms with E-state index in [2.05, 4.69) is 45.8 Å². The van der Waals surface area contributed by atoms with Gasteiger partial charge in [0.15, 0.2) is 5.78 Å². The molecule has 1 atom stereocenters. The lowest BCUT2D eigenvalue weighted by atomic mass is 9.86. The van der Waals surface area contributed by atoms with E-state index in [1.54, 1.807) is 17.5 Å². The van der Waals surface area contributed by atoms with Crippen LogP contribution in [0.1, 0.15) is 45.8 Å². The molecule has 126 valence electrons. The fourth-order valence-electron chi connectivity index (χ4n) is 3.18. The maximum absolute atomic E-state index is 12.4. The fraction of sp³-hybridized carbons (Fsp3) is 0.250. The van der Waals surface area contributed by atoms with Crippen LogP contribution in [-0.4, -0.2) is 15.8 Å². The number of aryl methyl sites for hydroxylation is 1. The standard InChI is InChI=1S/C20H19N3OS/c1-2-13-5-7-15(8-6-13)22-20-21-12-16-17(23-20)10-14(11-18(16)24)19-4-3-9-25-19/h3-9,12,14H,2,10-11H2,1H3,(H,21,22,23)/t14-/m1/s1. The average Bonchev–Trinajstić information content (AvgIpc) is 3.17. The minimum absolute atomic E-state index is 0.137. The van der Waals surface area contributed by atoms with Crippen LogP contribution in [0.3, 0.4) is 0 Å². The second-order valence-corrected chi connectivity index (χ2v) is 7.25. The number of nitrogens with zero attached hydrogens (tertiary/aromatic N) is 2. The summed E-state index contributed by atoms with van der Waals surface area (Å²) in [5.41, 5.74) is 3.76. The summed E-state index contributed by atoms with van der Waals surface area (Å²) in [5.74, 6) is 0.910. The zero-order valence-corrected chi connectivity index (χ0v) is 14.8. The van der Waals surface area contributed by atoms with Crippen LogP contribution in [-0.2, 0) is 12.8 Å². The molecule has 2 aromatic heterocycles. The molecule has 0 aliphatic heterocycles. The number of aromatic nitrogens is 2. The van der Waals surface area contributed by atoms with E-state index in [4.69, 9.17) is 0 Å². The van der Waals surface area contributed by atoms with Crippen molar-refractivity contribution in [3.8, 4) is 0 Å². The van der Waals surface area contributed by atoms with E-state index < -0.39 is 0 Å². The molecule has 5 heteroatoms. The summed E-state index contributed by atoms with van der Waals surface area (Å²) in [6.07, 6.45) is 4.01. The monoisotopic (exact) mass is 349 g/mol. The quantitative estimate of drug-likeness (QED) is 0.738. The Labute approximate surface area is 151 Å². The summed E-state index contributed by atoms with van der Waals surface area (Å²) >= 11 is 1.71. The van der Waals surface area contributed by atoms with Crippen molar-refractivity contribution < 1.29 is 4.79 Å². The molecule has 2 heterocycles. The molecule has 0 unspecified atom stereocenters. The van der Waals surface area contributed by atoms with Crippen molar-refractivity contribution in [3.05, 3.63) is 69.7 Å². The van der Waals surface area contributed by atoms with E-state index in [1.165, 1.54) is 10.4 Å². The summed E-state index contributed by atoms with van der Waals surface area (Å²) in [4.78, 5) is 22.6.